The molecule has 0 saturated heterocycles. The number of nitro benzene ring substituents is 1. The van der Waals surface area contributed by atoms with Crippen molar-refractivity contribution in [2.45, 2.75) is 6.92 Å². The third kappa shape index (κ3) is 3.48. The fourth-order valence-electron chi connectivity index (χ4n) is 1.74. The number of hydrogen-bond acceptors (Lipinski definition) is 7. The van der Waals surface area contributed by atoms with Crippen LogP contribution < -0.4 is 5.32 Å². The molecular formula is C14H14N4O4. The van der Waals surface area contributed by atoms with Crippen LogP contribution >= 0.6 is 0 Å². The van der Waals surface area contributed by atoms with Gasteiger partial charge in [0, 0.05) is 30.4 Å². The largest absolute Gasteiger partial charge is 0.506 e. The van der Waals surface area contributed by atoms with E-state index in [0.29, 0.717) is 6.54 Å². The second kappa shape index (κ2) is 6.53. The molecule has 0 fully saturated rings. The average Bonchev–Trinajstić information content (AvgIpc) is 2.48. The molecule has 0 atom stereocenters. The van der Waals surface area contributed by atoms with Gasteiger partial charge in [-0.1, -0.05) is 0 Å². The summed E-state index contributed by atoms with van der Waals surface area (Å²) in [5.41, 5.74) is 0.660. The molecule has 2 aromatic rings. The molecule has 3 N–H and O–H groups in total. The Balaban J connectivity index is 2.28. The Morgan fingerprint density at radius 3 is 2.45 bits per heavy atom. The third-order valence-electron chi connectivity index (χ3n) is 2.79. The summed E-state index contributed by atoms with van der Waals surface area (Å²) >= 11 is 0. The summed E-state index contributed by atoms with van der Waals surface area (Å²) in [6, 6.07) is 8.18. The van der Waals surface area contributed by atoms with Gasteiger partial charge in [-0.05, 0) is 25.1 Å². The molecule has 0 radical (unpaired) electrons. The lowest BCUT2D eigenvalue weighted by Gasteiger charge is -2.04. The van der Waals surface area contributed by atoms with E-state index in [9.17, 15) is 20.3 Å². The fourth-order valence-corrected chi connectivity index (χ4v) is 1.74. The van der Waals surface area contributed by atoms with Gasteiger partial charge in [0.05, 0.1) is 4.92 Å². The van der Waals surface area contributed by atoms with Gasteiger partial charge >= 0.3 is 0 Å². The normalized spacial score (nSPS) is 10.8. The van der Waals surface area contributed by atoms with E-state index in [1.54, 1.807) is 12.1 Å². The predicted octanol–water partition coefficient (Wildman–Crippen LogP) is 3.85. The highest BCUT2D eigenvalue weighted by molar-refractivity contribution is 5.61. The number of hydrogen-bond donors (Lipinski definition) is 3. The molecule has 2 rings (SSSR count). The minimum absolute atomic E-state index is 0.0515. The predicted molar refractivity (Wildman–Crippen MR) is 81.2 cm³/mol. The number of benzene rings is 2. The highest BCUT2D eigenvalue weighted by atomic mass is 16.6. The summed E-state index contributed by atoms with van der Waals surface area (Å²) in [5, 5.41) is 40.7. The molecule has 22 heavy (non-hydrogen) atoms. The molecule has 0 aromatic heterocycles. The van der Waals surface area contributed by atoms with Gasteiger partial charge in [-0.25, -0.2) is 0 Å². The summed E-state index contributed by atoms with van der Waals surface area (Å²) in [4.78, 5) is 10.1. The van der Waals surface area contributed by atoms with Crippen LogP contribution in [-0.2, 0) is 0 Å². The van der Waals surface area contributed by atoms with E-state index < -0.39 is 4.92 Å². The maximum atomic E-state index is 10.7. The number of anilines is 1. The van der Waals surface area contributed by atoms with Crippen LogP contribution in [0.2, 0.25) is 0 Å². The van der Waals surface area contributed by atoms with Crippen molar-refractivity contribution in [2.24, 2.45) is 10.2 Å². The molecule has 0 spiro atoms. The number of rotatable bonds is 5. The van der Waals surface area contributed by atoms with Crippen molar-refractivity contribution in [1.29, 1.82) is 0 Å². The van der Waals surface area contributed by atoms with Crippen molar-refractivity contribution >= 4 is 22.7 Å². The lowest BCUT2D eigenvalue weighted by molar-refractivity contribution is -0.384. The Hall–Kier alpha value is -3.16. The van der Waals surface area contributed by atoms with E-state index in [1.807, 2.05) is 6.92 Å². The number of phenols is 2. The second-order valence-corrected chi connectivity index (χ2v) is 4.36. The number of phenolic OH excluding ortho intramolecular Hbond substituents is 2. The maximum Gasteiger partial charge on any atom is 0.271 e. The quantitative estimate of drug-likeness (QED) is 0.440. The molecule has 0 saturated carbocycles. The molecular weight excluding hydrogens is 288 g/mol. The summed E-state index contributed by atoms with van der Waals surface area (Å²) in [6.07, 6.45) is 0. The Labute approximate surface area is 125 Å². The van der Waals surface area contributed by atoms with Gasteiger partial charge in [-0.3, -0.25) is 10.1 Å². The highest BCUT2D eigenvalue weighted by Crippen LogP contribution is 2.34. The molecule has 0 aliphatic carbocycles. The van der Waals surface area contributed by atoms with Gasteiger partial charge in [-0.15, -0.1) is 10.2 Å². The zero-order valence-corrected chi connectivity index (χ0v) is 11.7. The number of nitrogens with zero attached hydrogens (tertiary/aromatic N) is 3. The molecule has 0 aliphatic rings. The van der Waals surface area contributed by atoms with Crippen molar-refractivity contribution in [1.82, 2.24) is 0 Å². The van der Waals surface area contributed by atoms with Crippen LogP contribution in [0.5, 0.6) is 11.5 Å². The van der Waals surface area contributed by atoms with Crippen LogP contribution in [0.15, 0.2) is 46.6 Å². The van der Waals surface area contributed by atoms with Crippen molar-refractivity contribution in [3.8, 4) is 11.5 Å². The summed E-state index contributed by atoms with van der Waals surface area (Å²) in [6.45, 7) is 2.64. The third-order valence-corrected chi connectivity index (χ3v) is 2.79. The van der Waals surface area contributed by atoms with E-state index >= 15 is 0 Å². The van der Waals surface area contributed by atoms with Gasteiger partial charge in [-0.2, -0.15) is 0 Å². The van der Waals surface area contributed by atoms with E-state index in [-0.39, 0.29) is 28.6 Å². The van der Waals surface area contributed by atoms with Crippen LogP contribution in [-0.4, -0.2) is 21.7 Å². The Morgan fingerprint density at radius 2 is 1.82 bits per heavy atom. The Morgan fingerprint density at radius 1 is 1.09 bits per heavy atom. The average molecular weight is 302 g/mol. The van der Waals surface area contributed by atoms with Crippen molar-refractivity contribution in [3.05, 3.63) is 46.5 Å². The van der Waals surface area contributed by atoms with Gasteiger partial charge in [0.1, 0.15) is 22.9 Å². The zero-order chi connectivity index (χ0) is 16.1. The monoisotopic (exact) mass is 302 g/mol. The lowest BCUT2D eigenvalue weighted by atomic mass is 10.2. The number of non-ortho nitro benzene ring substituents is 1. The first kappa shape index (κ1) is 15.2. The summed E-state index contributed by atoms with van der Waals surface area (Å²) < 4.78 is 0. The molecule has 0 unspecified atom stereocenters. The first-order valence-corrected chi connectivity index (χ1v) is 6.47. The van der Waals surface area contributed by atoms with Crippen molar-refractivity contribution in [3.63, 3.8) is 0 Å². The molecule has 8 heteroatoms. The Bertz CT molecular complexity index is 731. The number of nitro groups is 1. The maximum absolute atomic E-state index is 10.7. The number of azo groups is 1. The van der Waals surface area contributed by atoms with Crippen molar-refractivity contribution < 1.29 is 15.1 Å². The minimum Gasteiger partial charge on any atom is -0.506 e. The minimum atomic E-state index is -0.596. The first-order valence-electron chi connectivity index (χ1n) is 6.47. The molecule has 2 aromatic carbocycles. The highest BCUT2D eigenvalue weighted by Gasteiger charge is 2.10. The summed E-state index contributed by atoms with van der Waals surface area (Å²) in [5.74, 6) is -0.328. The molecule has 8 nitrogen and oxygen atoms in total. The van der Waals surface area contributed by atoms with Gasteiger partial charge in [0.2, 0.25) is 0 Å². The first-order chi connectivity index (χ1) is 10.5. The number of aromatic hydroxyl groups is 2. The topological polar surface area (TPSA) is 120 Å². The zero-order valence-electron chi connectivity index (χ0n) is 11.7. The van der Waals surface area contributed by atoms with Crippen LogP contribution in [0.1, 0.15) is 6.92 Å². The SMILES string of the molecule is CCNc1ccc(N=Nc2cc([N+](=O)[O-])ccc2O)c(O)c1. The summed E-state index contributed by atoms with van der Waals surface area (Å²) in [7, 11) is 0. The molecule has 0 heterocycles. The van der Waals surface area contributed by atoms with Crippen LogP contribution in [0.3, 0.4) is 0 Å². The van der Waals surface area contributed by atoms with E-state index in [0.717, 1.165) is 17.8 Å². The standard InChI is InChI=1S/C14H14N4O4/c1-2-15-9-3-5-11(14(20)7-9)16-17-12-8-10(18(21)22)4-6-13(12)19/h3-8,15,19-20H,2H2,1H3. The molecule has 0 bridgehead atoms. The van der Waals surface area contributed by atoms with E-state index in [1.165, 1.54) is 12.1 Å². The van der Waals surface area contributed by atoms with Gasteiger partial charge in [0.15, 0.2) is 0 Å². The lowest BCUT2D eigenvalue weighted by Crippen LogP contribution is -1.95. The van der Waals surface area contributed by atoms with Crippen LogP contribution in [0.25, 0.3) is 0 Å². The van der Waals surface area contributed by atoms with Crippen LogP contribution in [0, 0.1) is 10.1 Å². The Kier molecular flexibility index (Phi) is 4.52. The van der Waals surface area contributed by atoms with Crippen molar-refractivity contribution in [2.75, 3.05) is 11.9 Å². The molecule has 0 aliphatic heterocycles. The van der Waals surface area contributed by atoms with Crippen LogP contribution in [0.4, 0.5) is 22.7 Å². The molecule has 114 valence electrons. The molecule has 0 amide bonds. The van der Waals surface area contributed by atoms with Gasteiger partial charge < -0.3 is 15.5 Å². The van der Waals surface area contributed by atoms with Gasteiger partial charge in [0.25, 0.3) is 5.69 Å². The number of nitrogens with one attached hydrogen (secondary N) is 1. The fraction of sp³-hybridized carbons (Fsp3) is 0.143. The smallest absolute Gasteiger partial charge is 0.271 e. The van der Waals surface area contributed by atoms with E-state index in [2.05, 4.69) is 15.5 Å². The second-order valence-electron chi connectivity index (χ2n) is 4.36. The van der Waals surface area contributed by atoms with E-state index in [4.69, 9.17) is 0 Å².